The van der Waals surface area contributed by atoms with Crippen LogP contribution in [0.3, 0.4) is 0 Å². The third-order valence-electron chi connectivity index (χ3n) is 3.39. The maximum absolute atomic E-state index is 4.01. The van der Waals surface area contributed by atoms with Gasteiger partial charge in [-0.25, -0.2) is 5.10 Å². The van der Waals surface area contributed by atoms with Crippen LogP contribution in [0.1, 0.15) is 12.0 Å². The normalized spacial score (nSPS) is 10.7. The highest BCUT2D eigenvalue weighted by atomic mass is 79.9. The van der Waals surface area contributed by atoms with Crippen molar-refractivity contribution in [2.75, 3.05) is 5.33 Å². The number of nitrogens with zero attached hydrogens (tertiary/aromatic N) is 3. The molecule has 106 valence electrons. The van der Waals surface area contributed by atoms with Gasteiger partial charge in [0.25, 0.3) is 0 Å². The first-order valence-corrected chi connectivity index (χ1v) is 7.99. The van der Waals surface area contributed by atoms with E-state index in [-0.39, 0.29) is 0 Å². The van der Waals surface area contributed by atoms with Crippen LogP contribution < -0.4 is 0 Å². The van der Waals surface area contributed by atoms with Gasteiger partial charge in [0.05, 0.1) is 0 Å². The first-order valence-electron chi connectivity index (χ1n) is 6.87. The lowest BCUT2D eigenvalue weighted by atomic mass is 9.97. The zero-order valence-electron chi connectivity index (χ0n) is 11.5. The number of benzene rings is 2. The summed E-state index contributed by atoms with van der Waals surface area (Å²) in [4.78, 5) is 0. The molecule has 0 radical (unpaired) electrons. The van der Waals surface area contributed by atoms with Gasteiger partial charge in [0.1, 0.15) is 0 Å². The van der Waals surface area contributed by atoms with Crippen molar-refractivity contribution in [3.63, 3.8) is 0 Å². The average Bonchev–Trinajstić information content (AvgIpc) is 3.08. The molecule has 0 aliphatic carbocycles. The maximum Gasteiger partial charge on any atom is 0.180 e. The highest BCUT2D eigenvalue weighted by Gasteiger charge is 2.09. The van der Waals surface area contributed by atoms with Gasteiger partial charge in [-0.15, -0.1) is 5.10 Å². The molecule has 0 saturated carbocycles. The fourth-order valence-corrected chi connectivity index (χ4v) is 2.62. The van der Waals surface area contributed by atoms with E-state index in [9.17, 15) is 0 Å². The Morgan fingerprint density at radius 3 is 2.38 bits per heavy atom. The van der Waals surface area contributed by atoms with Gasteiger partial charge in [0.2, 0.25) is 0 Å². The summed E-state index contributed by atoms with van der Waals surface area (Å²) < 4.78 is 0. The van der Waals surface area contributed by atoms with Gasteiger partial charge in [0.15, 0.2) is 5.82 Å². The molecule has 0 fully saturated rings. The molecule has 0 bridgehead atoms. The zero-order valence-corrected chi connectivity index (χ0v) is 13.0. The number of aromatic nitrogens is 4. The first-order chi connectivity index (χ1) is 10.4. The van der Waals surface area contributed by atoms with Crippen LogP contribution in [0.4, 0.5) is 0 Å². The summed E-state index contributed by atoms with van der Waals surface area (Å²) in [5.41, 5.74) is 4.67. The maximum atomic E-state index is 4.01. The van der Waals surface area contributed by atoms with Crippen LogP contribution in [0.5, 0.6) is 0 Å². The second kappa shape index (κ2) is 6.63. The quantitative estimate of drug-likeness (QED) is 0.716. The van der Waals surface area contributed by atoms with E-state index in [2.05, 4.69) is 66.9 Å². The Labute approximate surface area is 131 Å². The highest BCUT2D eigenvalue weighted by Crippen LogP contribution is 2.29. The van der Waals surface area contributed by atoms with Gasteiger partial charge in [0, 0.05) is 10.9 Å². The van der Waals surface area contributed by atoms with Crippen LogP contribution in [0, 0.1) is 0 Å². The lowest BCUT2D eigenvalue weighted by molar-refractivity contribution is 0.881. The van der Waals surface area contributed by atoms with Crippen LogP contribution in [0.15, 0.2) is 48.5 Å². The Kier molecular flexibility index (Phi) is 4.40. The summed E-state index contributed by atoms with van der Waals surface area (Å²) in [5, 5.41) is 15.2. The molecule has 3 rings (SSSR count). The van der Waals surface area contributed by atoms with E-state index in [4.69, 9.17) is 0 Å². The molecule has 1 N–H and O–H groups in total. The predicted octanol–water partition coefficient (Wildman–Crippen LogP) is 3.86. The van der Waals surface area contributed by atoms with Crippen molar-refractivity contribution in [2.45, 2.75) is 12.8 Å². The van der Waals surface area contributed by atoms with E-state index in [1.54, 1.807) is 0 Å². The Morgan fingerprint density at radius 2 is 1.71 bits per heavy atom. The van der Waals surface area contributed by atoms with Crippen molar-refractivity contribution < 1.29 is 0 Å². The van der Waals surface area contributed by atoms with Crippen LogP contribution in [0.25, 0.3) is 22.5 Å². The number of hydrogen-bond donors (Lipinski definition) is 1. The fraction of sp³-hybridized carbons (Fsp3) is 0.188. The smallest absolute Gasteiger partial charge is 0.180 e. The summed E-state index contributed by atoms with van der Waals surface area (Å²) >= 11 is 3.47. The molecule has 21 heavy (non-hydrogen) atoms. The van der Waals surface area contributed by atoms with Crippen molar-refractivity contribution in [1.29, 1.82) is 0 Å². The van der Waals surface area contributed by atoms with Crippen LogP contribution >= 0.6 is 15.9 Å². The zero-order chi connectivity index (χ0) is 14.5. The molecular weight excluding hydrogens is 328 g/mol. The van der Waals surface area contributed by atoms with E-state index in [1.165, 1.54) is 11.1 Å². The molecule has 1 aromatic heterocycles. The fourth-order valence-electron chi connectivity index (χ4n) is 2.34. The molecule has 0 aliphatic rings. The Balaban J connectivity index is 1.94. The summed E-state index contributed by atoms with van der Waals surface area (Å²) in [7, 11) is 0. The number of alkyl halides is 1. The van der Waals surface area contributed by atoms with Crippen LogP contribution in [-0.4, -0.2) is 26.0 Å². The molecule has 0 spiro atoms. The molecule has 0 amide bonds. The molecule has 4 nitrogen and oxygen atoms in total. The standard InChI is InChI=1S/C16H15BrN4/c17-11-3-4-12-7-9-13(10-8-12)14-5-1-2-6-15(14)16-18-20-21-19-16/h1-2,5-10H,3-4,11H2,(H,18,19,20,21). The van der Waals surface area contributed by atoms with Gasteiger partial charge in [-0.3, -0.25) is 0 Å². The lowest BCUT2D eigenvalue weighted by Gasteiger charge is -2.08. The first kappa shape index (κ1) is 13.9. The molecule has 0 atom stereocenters. The Hall–Kier alpha value is -2.01. The highest BCUT2D eigenvalue weighted by molar-refractivity contribution is 9.09. The summed E-state index contributed by atoms with van der Waals surface area (Å²) in [6.07, 6.45) is 2.25. The predicted molar refractivity (Wildman–Crippen MR) is 87.2 cm³/mol. The van der Waals surface area contributed by atoms with Crippen molar-refractivity contribution in [1.82, 2.24) is 20.6 Å². The minimum absolute atomic E-state index is 0.689. The molecule has 0 saturated heterocycles. The number of nitrogens with one attached hydrogen (secondary N) is 1. The van der Waals surface area contributed by atoms with Crippen molar-refractivity contribution >= 4 is 15.9 Å². The number of H-pyrrole nitrogens is 1. The van der Waals surface area contributed by atoms with Crippen LogP contribution in [0.2, 0.25) is 0 Å². The van der Waals surface area contributed by atoms with Gasteiger partial charge < -0.3 is 0 Å². The molecule has 3 aromatic rings. The van der Waals surface area contributed by atoms with Crippen LogP contribution in [-0.2, 0) is 6.42 Å². The number of hydrogen-bond acceptors (Lipinski definition) is 3. The van der Waals surface area contributed by atoms with Gasteiger partial charge in [-0.2, -0.15) is 0 Å². The Bertz CT molecular complexity index is 693. The molecular formula is C16H15BrN4. The summed E-state index contributed by atoms with van der Waals surface area (Å²) in [5.74, 6) is 0.689. The second-order valence-corrected chi connectivity index (χ2v) is 5.58. The topological polar surface area (TPSA) is 54.5 Å². The number of aromatic amines is 1. The third-order valence-corrected chi connectivity index (χ3v) is 3.95. The number of tetrazole rings is 1. The lowest BCUT2D eigenvalue weighted by Crippen LogP contribution is -1.89. The second-order valence-electron chi connectivity index (χ2n) is 4.78. The van der Waals surface area contributed by atoms with E-state index in [0.717, 1.165) is 29.3 Å². The third kappa shape index (κ3) is 3.19. The van der Waals surface area contributed by atoms with Crippen molar-refractivity contribution in [3.05, 3.63) is 54.1 Å². The minimum Gasteiger partial charge on any atom is -0.239 e. The number of aryl methyl sites for hydroxylation is 1. The molecule has 0 unspecified atom stereocenters. The monoisotopic (exact) mass is 342 g/mol. The molecule has 2 aromatic carbocycles. The average molecular weight is 343 g/mol. The van der Waals surface area contributed by atoms with E-state index >= 15 is 0 Å². The Morgan fingerprint density at radius 1 is 0.952 bits per heavy atom. The molecule has 0 aliphatic heterocycles. The summed E-state index contributed by atoms with van der Waals surface area (Å²) in [6, 6.07) is 16.8. The van der Waals surface area contributed by atoms with Crippen molar-refractivity contribution in [2.24, 2.45) is 0 Å². The molecule has 1 heterocycles. The number of rotatable bonds is 5. The molecule has 5 heteroatoms. The van der Waals surface area contributed by atoms with Gasteiger partial charge in [-0.1, -0.05) is 64.5 Å². The summed E-state index contributed by atoms with van der Waals surface area (Å²) in [6.45, 7) is 0. The van der Waals surface area contributed by atoms with E-state index in [0.29, 0.717) is 5.82 Å². The van der Waals surface area contributed by atoms with E-state index in [1.807, 2.05) is 18.2 Å². The minimum atomic E-state index is 0.689. The largest absolute Gasteiger partial charge is 0.239 e. The van der Waals surface area contributed by atoms with Crippen molar-refractivity contribution in [3.8, 4) is 22.5 Å². The van der Waals surface area contributed by atoms with Gasteiger partial charge in [-0.05, 0) is 40.0 Å². The number of halogens is 1. The van der Waals surface area contributed by atoms with Gasteiger partial charge >= 0.3 is 0 Å². The van der Waals surface area contributed by atoms with E-state index < -0.39 is 0 Å². The SMILES string of the molecule is BrCCCc1ccc(-c2ccccc2-c2nnn[nH]2)cc1.